The van der Waals surface area contributed by atoms with Crippen molar-refractivity contribution in [2.24, 2.45) is 5.10 Å². The van der Waals surface area contributed by atoms with E-state index in [1.165, 1.54) is 18.0 Å². The minimum Gasteiger partial charge on any atom is -0.458 e. The molecule has 0 aliphatic carbocycles. The van der Waals surface area contributed by atoms with Crippen LogP contribution in [0.1, 0.15) is 40.3 Å². The van der Waals surface area contributed by atoms with Gasteiger partial charge in [-0.2, -0.15) is 10.1 Å². The molecule has 0 atom stereocenters. The summed E-state index contributed by atoms with van der Waals surface area (Å²) in [6, 6.07) is 15.0. The van der Waals surface area contributed by atoms with E-state index in [9.17, 15) is 14.4 Å². The second-order valence-electron chi connectivity index (χ2n) is 7.75. The summed E-state index contributed by atoms with van der Waals surface area (Å²) in [7, 11) is 0. The van der Waals surface area contributed by atoms with E-state index < -0.39 is 5.97 Å². The summed E-state index contributed by atoms with van der Waals surface area (Å²) in [5, 5.41) is 5.90. The van der Waals surface area contributed by atoms with Gasteiger partial charge in [-0.1, -0.05) is 24.3 Å². The summed E-state index contributed by atoms with van der Waals surface area (Å²) in [6.45, 7) is 6.81. The van der Waals surface area contributed by atoms with Gasteiger partial charge in [0.2, 0.25) is 0 Å². The van der Waals surface area contributed by atoms with Crippen molar-refractivity contribution in [2.45, 2.75) is 13.8 Å². The summed E-state index contributed by atoms with van der Waals surface area (Å²) < 4.78 is 11.0. The van der Waals surface area contributed by atoms with Crippen LogP contribution in [0.25, 0.3) is 17.4 Å². The number of ether oxygens (including phenoxy) is 1. The third kappa shape index (κ3) is 5.00. The van der Waals surface area contributed by atoms with E-state index in [2.05, 4.69) is 11.7 Å². The lowest BCUT2D eigenvalue weighted by atomic mass is 10.1. The Morgan fingerprint density at radius 2 is 1.89 bits per heavy atom. The Kier molecular flexibility index (Phi) is 6.80. The van der Waals surface area contributed by atoms with Crippen molar-refractivity contribution in [1.29, 1.82) is 0 Å². The second-order valence-corrected chi connectivity index (χ2v) is 8.15. The van der Waals surface area contributed by atoms with E-state index in [0.717, 1.165) is 0 Å². The van der Waals surface area contributed by atoms with Crippen molar-refractivity contribution in [3.05, 3.63) is 94.7 Å². The Morgan fingerprint density at radius 3 is 2.57 bits per heavy atom. The quantitative estimate of drug-likeness (QED) is 0.177. The smallest absolute Gasteiger partial charge is 0.339 e. The lowest BCUT2D eigenvalue weighted by Gasteiger charge is -2.11. The number of carbonyl (C=O) groups excluding carboxylic acids is 3. The maximum Gasteiger partial charge on any atom is 0.339 e. The fourth-order valence-corrected chi connectivity index (χ4v) is 3.67. The molecule has 1 aromatic heterocycles. The fourth-order valence-electron chi connectivity index (χ4n) is 3.47. The van der Waals surface area contributed by atoms with Crippen LogP contribution >= 0.6 is 11.6 Å². The Bertz CT molecular complexity index is 1400. The van der Waals surface area contributed by atoms with Gasteiger partial charge in [-0.25, -0.2) is 4.79 Å². The van der Waals surface area contributed by atoms with Gasteiger partial charge >= 0.3 is 5.97 Å². The molecule has 0 fully saturated rings. The van der Waals surface area contributed by atoms with E-state index in [4.69, 9.17) is 20.8 Å². The van der Waals surface area contributed by atoms with Crippen molar-refractivity contribution in [3.8, 4) is 11.3 Å². The molecular weight excluding hydrogens is 468 g/mol. The van der Waals surface area contributed by atoms with Crippen molar-refractivity contribution in [2.75, 3.05) is 11.6 Å². The molecule has 0 radical (unpaired) electrons. The number of esters is 1. The molecule has 0 saturated heterocycles. The number of rotatable bonds is 7. The molecule has 2 aromatic carbocycles. The van der Waals surface area contributed by atoms with Gasteiger partial charge in [-0.15, -0.1) is 0 Å². The van der Waals surface area contributed by atoms with Crippen LogP contribution in [-0.2, 0) is 9.53 Å². The highest BCUT2D eigenvalue weighted by molar-refractivity contribution is 6.33. The summed E-state index contributed by atoms with van der Waals surface area (Å²) in [4.78, 5) is 36.8. The van der Waals surface area contributed by atoms with E-state index in [1.807, 2.05) is 0 Å². The van der Waals surface area contributed by atoms with Crippen LogP contribution in [0.15, 0.2) is 82.3 Å². The first kappa shape index (κ1) is 23.9. The van der Waals surface area contributed by atoms with Crippen molar-refractivity contribution in [3.63, 3.8) is 0 Å². The molecule has 8 heteroatoms. The van der Waals surface area contributed by atoms with Crippen molar-refractivity contribution >= 4 is 46.7 Å². The van der Waals surface area contributed by atoms with Gasteiger partial charge in [0.1, 0.15) is 18.1 Å². The number of nitrogens with zero attached hydrogens (tertiary/aromatic N) is 2. The second kappa shape index (κ2) is 9.95. The van der Waals surface area contributed by atoms with Crippen molar-refractivity contribution in [1.82, 2.24) is 0 Å². The van der Waals surface area contributed by atoms with E-state index in [0.29, 0.717) is 39.6 Å². The van der Waals surface area contributed by atoms with E-state index in [-0.39, 0.29) is 28.9 Å². The van der Waals surface area contributed by atoms with Gasteiger partial charge in [-0.05, 0) is 74.5 Å². The minimum absolute atomic E-state index is 0.0559. The highest BCUT2D eigenvalue weighted by Gasteiger charge is 2.29. The number of halogens is 1. The minimum atomic E-state index is -0.564. The van der Waals surface area contributed by atoms with Gasteiger partial charge in [0.25, 0.3) is 5.91 Å². The standard InChI is InChI=1S/C27H21ClN2O5/c1-4-13-34-27(33)23-14-19(7-11-24(23)28)25-12-10-21(35-25)15-22-16(2)29-30(26(22)32)20-8-5-18(6-9-20)17(3)31/h4-12,14-15H,1,13H2,2-3H3/b22-15-. The molecule has 0 spiro atoms. The number of hydrogen-bond acceptors (Lipinski definition) is 6. The number of benzene rings is 2. The predicted octanol–water partition coefficient (Wildman–Crippen LogP) is 5.95. The molecule has 1 aliphatic heterocycles. The highest BCUT2D eigenvalue weighted by atomic mass is 35.5. The molecule has 1 aliphatic rings. The van der Waals surface area contributed by atoms with Crippen molar-refractivity contribution < 1.29 is 23.5 Å². The van der Waals surface area contributed by atoms with Gasteiger partial charge < -0.3 is 9.15 Å². The van der Waals surface area contributed by atoms with Crippen LogP contribution in [0.5, 0.6) is 0 Å². The molecule has 1 amide bonds. The molecule has 0 unspecified atom stereocenters. The van der Waals surface area contributed by atoms with Gasteiger partial charge in [0.15, 0.2) is 5.78 Å². The normalized spacial score (nSPS) is 14.3. The number of ketones is 1. The average molecular weight is 489 g/mol. The third-order valence-electron chi connectivity index (χ3n) is 5.30. The molecule has 7 nitrogen and oxygen atoms in total. The first-order valence-corrected chi connectivity index (χ1v) is 11.1. The molecule has 4 rings (SSSR count). The molecule has 0 N–H and O–H groups in total. The van der Waals surface area contributed by atoms with E-state index in [1.54, 1.807) is 67.6 Å². The van der Waals surface area contributed by atoms with Crippen LogP contribution in [0.4, 0.5) is 5.69 Å². The molecule has 0 bridgehead atoms. The first-order chi connectivity index (χ1) is 16.8. The molecule has 3 aromatic rings. The van der Waals surface area contributed by atoms with E-state index >= 15 is 0 Å². The Labute approximate surface area is 206 Å². The SMILES string of the molecule is C=CCOC(=O)c1cc(-c2ccc(/C=C3\C(=O)N(c4ccc(C(C)=O)cc4)N=C3C)o2)ccc1Cl. The Morgan fingerprint density at radius 1 is 1.14 bits per heavy atom. The predicted molar refractivity (Wildman–Crippen MR) is 135 cm³/mol. The maximum atomic E-state index is 13.0. The zero-order chi connectivity index (χ0) is 25.1. The molecular formula is C27H21ClN2O5. The van der Waals surface area contributed by atoms with Crippen LogP contribution in [0.3, 0.4) is 0 Å². The monoisotopic (exact) mass is 488 g/mol. The zero-order valence-electron chi connectivity index (χ0n) is 19.1. The molecule has 2 heterocycles. The maximum absolute atomic E-state index is 13.0. The number of amides is 1. The first-order valence-electron chi connectivity index (χ1n) is 10.7. The molecule has 176 valence electrons. The molecule has 35 heavy (non-hydrogen) atoms. The number of furan rings is 1. The highest BCUT2D eigenvalue weighted by Crippen LogP contribution is 2.30. The van der Waals surface area contributed by atoms with Gasteiger partial charge in [0.05, 0.1) is 27.6 Å². The fraction of sp³-hybridized carbons (Fsp3) is 0.111. The van der Waals surface area contributed by atoms with Gasteiger partial charge in [-0.3, -0.25) is 9.59 Å². The number of hydrazone groups is 1. The summed E-state index contributed by atoms with van der Waals surface area (Å²) in [5.74, 6) is 0.000276. The largest absolute Gasteiger partial charge is 0.458 e. The third-order valence-corrected chi connectivity index (χ3v) is 5.63. The lowest BCUT2D eigenvalue weighted by Crippen LogP contribution is -2.21. The summed E-state index contributed by atoms with van der Waals surface area (Å²) in [6.07, 6.45) is 3.09. The zero-order valence-corrected chi connectivity index (χ0v) is 19.8. The Balaban J connectivity index is 1.57. The summed E-state index contributed by atoms with van der Waals surface area (Å²) in [5.41, 5.74) is 2.86. The number of anilines is 1. The lowest BCUT2D eigenvalue weighted by molar-refractivity contribution is -0.114. The Hall–Kier alpha value is -4.23. The topological polar surface area (TPSA) is 89.2 Å². The van der Waals surface area contributed by atoms with Crippen LogP contribution in [-0.4, -0.2) is 30.0 Å². The molecule has 0 saturated carbocycles. The average Bonchev–Trinajstić information content (AvgIpc) is 3.43. The summed E-state index contributed by atoms with van der Waals surface area (Å²) >= 11 is 6.16. The van der Waals surface area contributed by atoms with Crippen LogP contribution in [0.2, 0.25) is 5.02 Å². The van der Waals surface area contributed by atoms with Gasteiger partial charge in [0, 0.05) is 11.1 Å². The van der Waals surface area contributed by atoms with Crippen LogP contribution in [0, 0.1) is 0 Å². The number of carbonyl (C=O) groups is 3. The number of hydrogen-bond donors (Lipinski definition) is 0. The number of Topliss-reactive ketones (excluding diaryl/α,β-unsaturated/α-hetero) is 1. The van der Waals surface area contributed by atoms with Crippen LogP contribution < -0.4 is 5.01 Å².